The van der Waals surface area contributed by atoms with Crippen LogP contribution in [0.25, 0.3) is 0 Å². The standard InChI is InChI=1S/C20H36O3/c1-2-3-4-5-6-7-8-9-10-17-16-11-18(21)13-19(22,12-16)15-20(17,23)14-18/h16-17,21-23H,2-15H2,1H3. The molecule has 0 amide bonds. The first-order valence-corrected chi connectivity index (χ1v) is 10.1. The van der Waals surface area contributed by atoms with Crippen molar-refractivity contribution in [2.75, 3.05) is 0 Å². The number of rotatable bonds is 9. The van der Waals surface area contributed by atoms with Crippen LogP contribution in [0.2, 0.25) is 0 Å². The third kappa shape index (κ3) is 3.77. The van der Waals surface area contributed by atoms with Gasteiger partial charge in [0.2, 0.25) is 0 Å². The van der Waals surface area contributed by atoms with Crippen LogP contribution in [0, 0.1) is 11.8 Å². The van der Waals surface area contributed by atoms with E-state index in [0.717, 1.165) is 19.3 Å². The summed E-state index contributed by atoms with van der Waals surface area (Å²) in [6.45, 7) is 2.25. The predicted octanol–water partition coefficient (Wildman–Crippen LogP) is 3.93. The highest BCUT2D eigenvalue weighted by Crippen LogP contribution is 2.62. The molecule has 3 heteroatoms. The molecular formula is C20H36O3. The first-order valence-electron chi connectivity index (χ1n) is 10.1. The summed E-state index contributed by atoms with van der Waals surface area (Å²) < 4.78 is 0. The van der Waals surface area contributed by atoms with E-state index in [1.54, 1.807) is 0 Å². The van der Waals surface area contributed by atoms with Crippen LogP contribution >= 0.6 is 0 Å². The van der Waals surface area contributed by atoms with Crippen molar-refractivity contribution in [1.29, 1.82) is 0 Å². The van der Waals surface area contributed by atoms with Gasteiger partial charge >= 0.3 is 0 Å². The van der Waals surface area contributed by atoms with Gasteiger partial charge in [0.1, 0.15) is 0 Å². The Morgan fingerprint density at radius 3 is 1.78 bits per heavy atom. The van der Waals surface area contributed by atoms with Gasteiger partial charge in [0, 0.05) is 19.3 Å². The molecule has 0 radical (unpaired) electrons. The summed E-state index contributed by atoms with van der Waals surface area (Å²) in [7, 11) is 0. The highest BCUT2D eigenvalue weighted by molar-refractivity contribution is 5.18. The van der Waals surface area contributed by atoms with Gasteiger partial charge in [0.15, 0.2) is 0 Å². The van der Waals surface area contributed by atoms with Gasteiger partial charge < -0.3 is 15.3 Å². The second kappa shape index (κ2) is 6.65. The largest absolute Gasteiger partial charge is 0.390 e. The molecule has 0 saturated heterocycles. The summed E-state index contributed by atoms with van der Waals surface area (Å²) in [5, 5.41) is 32.4. The van der Waals surface area contributed by atoms with Crippen molar-refractivity contribution in [3.8, 4) is 0 Å². The molecule has 0 aliphatic heterocycles. The first-order chi connectivity index (χ1) is 10.9. The number of hydrogen-bond donors (Lipinski definition) is 3. The van der Waals surface area contributed by atoms with E-state index in [-0.39, 0.29) is 0 Å². The summed E-state index contributed by atoms with van der Waals surface area (Å²) in [5.41, 5.74) is -2.43. The first kappa shape index (κ1) is 17.7. The normalized spacial score (nSPS) is 44.9. The molecule has 0 aromatic heterocycles. The van der Waals surface area contributed by atoms with E-state index in [0.29, 0.717) is 31.1 Å². The Kier molecular flexibility index (Phi) is 5.11. The van der Waals surface area contributed by atoms with Gasteiger partial charge in [-0.05, 0) is 31.1 Å². The van der Waals surface area contributed by atoms with Crippen LogP contribution < -0.4 is 0 Å². The van der Waals surface area contributed by atoms with Crippen molar-refractivity contribution in [2.45, 2.75) is 114 Å². The Hall–Kier alpha value is -0.120. The number of aliphatic hydroxyl groups is 3. The zero-order chi connectivity index (χ0) is 16.6. The van der Waals surface area contributed by atoms with E-state index >= 15 is 0 Å². The predicted molar refractivity (Wildman–Crippen MR) is 92.1 cm³/mol. The molecule has 0 spiro atoms. The van der Waals surface area contributed by atoms with E-state index in [4.69, 9.17) is 0 Å². The Labute approximate surface area is 141 Å². The van der Waals surface area contributed by atoms with Crippen LogP contribution in [-0.2, 0) is 0 Å². The molecular weight excluding hydrogens is 288 g/mol. The summed E-state index contributed by atoms with van der Waals surface area (Å²) in [5.74, 6) is 0.610. The SMILES string of the molecule is CCCCCCCCCCC1C2CC3(O)CC(O)(C2)CC1(O)C3. The smallest absolute Gasteiger partial charge is 0.0733 e. The molecule has 3 N–H and O–H groups in total. The summed E-state index contributed by atoms with van der Waals surface area (Å²) >= 11 is 0. The Bertz CT molecular complexity index is 390. The molecule has 4 fully saturated rings. The van der Waals surface area contributed by atoms with E-state index in [1.807, 2.05) is 0 Å². The lowest BCUT2D eigenvalue weighted by Crippen LogP contribution is -2.69. The Morgan fingerprint density at radius 2 is 1.26 bits per heavy atom. The molecule has 0 aromatic rings. The maximum absolute atomic E-state index is 11.1. The molecule has 3 atom stereocenters. The summed E-state index contributed by atoms with van der Waals surface area (Å²) in [4.78, 5) is 0. The van der Waals surface area contributed by atoms with E-state index < -0.39 is 16.8 Å². The Balaban J connectivity index is 1.43. The molecule has 3 unspecified atom stereocenters. The fourth-order valence-corrected chi connectivity index (χ4v) is 6.26. The monoisotopic (exact) mass is 324 g/mol. The lowest BCUT2D eigenvalue weighted by Gasteiger charge is -2.65. The molecule has 4 aliphatic rings. The third-order valence-electron chi connectivity index (χ3n) is 6.84. The van der Waals surface area contributed by atoms with Crippen molar-refractivity contribution < 1.29 is 15.3 Å². The van der Waals surface area contributed by atoms with E-state index in [2.05, 4.69) is 6.92 Å². The van der Waals surface area contributed by atoms with Gasteiger partial charge in [0.25, 0.3) is 0 Å². The molecule has 0 heterocycles. The molecule has 4 aliphatic carbocycles. The summed E-state index contributed by atoms with van der Waals surface area (Å²) in [6.07, 6.45) is 14.6. The minimum atomic E-state index is -0.815. The molecule has 4 bridgehead atoms. The quantitative estimate of drug-likeness (QED) is 0.563. The second-order valence-corrected chi connectivity index (χ2v) is 9.12. The average molecular weight is 325 g/mol. The van der Waals surface area contributed by atoms with Crippen molar-refractivity contribution in [1.82, 2.24) is 0 Å². The summed E-state index contributed by atoms with van der Waals surface area (Å²) in [6, 6.07) is 0. The van der Waals surface area contributed by atoms with Gasteiger partial charge in [-0.25, -0.2) is 0 Å². The van der Waals surface area contributed by atoms with E-state index in [9.17, 15) is 15.3 Å². The number of hydrogen-bond acceptors (Lipinski definition) is 3. The maximum atomic E-state index is 11.1. The van der Waals surface area contributed by atoms with Crippen molar-refractivity contribution in [3.05, 3.63) is 0 Å². The van der Waals surface area contributed by atoms with Crippen LogP contribution in [0.5, 0.6) is 0 Å². The average Bonchev–Trinajstić information content (AvgIpc) is 2.40. The minimum absolute atomic E-state index is 0.295. The van der Waals surface area contributed by atoms with Gasteiger partial charge in [-0.1, -0.05) is 58.3 Å². The molecule has 23 heavy (non-hydrogen) atoms. The molecule has 4 rings (SSSR count). The second-order valence-electron chi connectivity index (χ2n) is 9.12. The van der Waals surface area contributed by atoms with Gasteiger partial charge in [-0.3, -0.25) is 0 Å². The third-order valence-corrected chi connectivity index (χ3v) is 6.84. The lowest BCUT2D eigenvalue weighted by atomic mass is 9.46. The fourth-order valence-electron chi connectivity index (χ4n) is 6.26. The van der Waals surface area contributed by atoms with Gasteiger partial charge in [0.05, 0.1) is 16.8 Å². The van der Waals surface area contributed by atoms with Crippen molar-refractivity contribution >= 4 is 0 Å². The van der Waals surface area contributed by atoms with Crippen LogP contribution in [0.3, 0.4) is 0 Å². The lowest BCUT2D eigenvalue weighted by molar-refractivity contribution is -0.280. The van der Waals surface area contributed by atoms with Gasteiger partial charge in [-0.2, -0.15) is 0 Å². The van der Waals surface area contributed by atoms with Crippen LogP contribution in [0.1, 0.15) is 96.8 Å². The zero-order valence-electron chi connectivity index (χ0n) is 14.9. The van der Waals surface area contributed by atoms with Crippen molar-refractivity contribution in [3.63, 3.8) is 0 Å². The number of unbranched alkanes of at least 4 members (excludes halogenated alkanes) is 7. The molecule has 3 nitrogen and oxygen atoms in total. The minimum Gasteiger partial charge on any atom is -0.390 e. The van der Waals surface area contributed by atoms with E-state index in [1.165, 1.54) is 51.4 Å². The molecule has 0 aromatic carbocycles. The fraction of sp³-hybridized carbons (Fsp3) is 1.00. The zero-order valence-corrected chi connectivity index (χ0v) is 14.9. The maximum Gasteiger partial charge on any atom is 0.0733 e. The van der Waals surface area contributed by atoms with Crippen LogP contribution in [-0.4, -0.2) is 32.1 Å². The van der Waals surface area contributed by atoms with Crippen molar-refractivity contribution in [2.24, 2.45) is 11.8 Å². The highest BCUT2D eigenvalue weighted by Gasteiger charge is 2.66. The highest BCUT2D eigenvalue weighted by atomic mass is 16.3. The van der Waals surface area contributed by atoms with Gasteiger partial charge in [-0.15, -0.1) is 0 Å². The molecule has 134 valence electrons. The van der Waals surface area contributed by atoms with Crippen LogP contribution in [0.15, 0.2) is 0 Å². The Morgan fingerprint density at radius 1 is 0.739 bits per heavy atom. The molecule has 4 saturated carbocycles. The van der Waals surface area contributed by atoms with Crippen LogP contribution in [0.4, 0.5) is 0 Å². The topological polar surface area (TPSA) is 60.7 Å².